The summed E-state index contributed by atoms with van der Waals surface area (Å²) >= 11 is 7.70. The summed E-state index contributed by atoms with van der Waals surface area (Å²) in [5.41, 5.74) is 1.90. The molecule has 4 nitrogen and oxygen atoms in total. The fourth-order valence-electron chi connectivity index (χ4n) is 2.22. The fraction of sp³-hybridized carbons (Fsp3) is 0.450. The molecule has 0 aliphatic rings. The van der Waals surface area contributed by atoms with Crippen LogP contribution in [0, 0.1) is 5.92 Å². The molecule has 0 bridgehead atoms. The lowest BCUT2D eigenvalue weighted by Crippen LogP contribution is -2.25. The molecule has 1 atom stereocenters. The number of esters is 1. The molecule has 0 aliphatic carbocycles. The molecule has 0 fully saturated rings. The zero-order valence-electron chi connectivity index (χ0n) is 15.4. The van der Waals surface area contributed by atoms with E-state index >= 15 is 0 Å². The third-order valence-electron chi connectivity index (χ3n) is 3.82. The van der Waals surface area contributed by atoms with Crippen molar-refractivity contribution >= 4 is 29.3 Å². The van der Waals surface area contributed by atoms with Gasteiger partial charge in [-0.1, -0.05) is 57.5 Å². The normalized spacial score (nSPS) is 12.2. The van der Waals surface area contributed by atoms with Crippen molar-refractivity contribution in [3.63, 3.8) is 0 Å². The number of halogens is 1. The maximum absolute atomic E-state index is 11.9. The van der Waals surface area contributed by atoms with E-state index in [0.29, 0.717) is 5.75 Å². The van der Waals surface area contributed by atoms with E-state index in [1.807, 2.05) is 38.4 Å². The number of carbonyl (C=O) groups is 1. The van der Waals surface area contributed by atoms with Gasteiger partial charge in [0.25, 0.3) is 0 Å². The van der Waals surface area contributed by atoms with Gasteiger partial charge in [-0.25, -0.2) is 9.97 Å². The highest BCUT2D eigenvalue weighted by molar-refractivity contribution is 7.99. The summed E-state index contributed by atoms with van der Waals surface area (Å²) in [6.07, 6.45) is 7.29. The Hall–Kier alpha value is -1.59. The largest absolute Gasteiger partial charge is 0.425 e. The molecule has 0 saturated heterocycles. The average Bonchev–Trinajstić information content (AvgIpc) is 2.65. The molecule has 0 amide bonds. The Labute approximate surface area is 164 Å². The van der Waals surface area contributed by atoms with E-state index in [2.05, 4.69) is 16.9 Å². The van der Waals surface area contributed by atoms with E-state index in [0.717, 1.165) is 22.0 Å². The van der Waals surface area contributed by atoms with Crippen LogP contribution in [-0.2, 0) is 4.79 Å². The van der Waals surface area contributed by atoms with Crippen LogP contribution in [0.2, 0.25) is 0 Å². The van der Waals surface area contributed by atoms with Gasteiger partial charge in [-0.15, -0.1) is 11.6 Å². The van der Waals surface area contributed by atoms with Crippen molar-refractivity contribution in [3.05, 3.63) is 36.7 Å². The van der Waals surface area contributed by atoms with Gasteiger partial charge in [0.15, 0.2) is 5.16 Å². The second-order valence-electron chi connectivity index (χ2n) is 6.40. The molecule has 0 saturated carbocycles. The molecule has 2 rings (SSSR count). The second kappa shape index (κ2) is 10.5. The number of hydrogen-bond acceptors (Lipinski definition) is 5. The Morgan fingerprint density at radius 3 is 2.35 bits per heavy atom. The minimum atomic E-state index is -0.648. The Morgan fingerprint density at radius 1 is 1.12 bits per heavy atom. The van der Waals surface area contributed by atoms with Crippen molar-refractivity contribution in [1.82, 2.24) is 9.97 Å². The van der Waals surface area contributed by atoms with Crippen LogP contribution in [0.15, 0.2) is 41.8 Å². The van der Waals surface area contributed by atoms with Crippen LogP contribution in [0.25, 0.3) is 11.1 Å². The quantitative estimate of drug-likeness (QED) is 0.139. The number of hydrogen-bond donors (Lipinski definition) is 0. The van der Waals surface area contributed by atoms with Crippen LogP contribution in [0.5, 0.6) is 5.75 Å². The number of aromatic nitrogens is 2. The van der Waals surface area contributed by atoms with Gasteiger partial charge in [0, 0.05) is 23.7 Å². The van der Waals surface area contributed by atoms with E-state index in [4.69, 9.17) is 16.3 Å². The first-order valence-electron chi connectivity index (χ1n) is 8.92. The number of rotatable bonds is 9. The molecule has 1 aromatic carbocycles. The Kier molecular flexibility index (Phi) is 8.39. The first-order valence-corrected chi connectivity index (χ1v) is 10.3. The number of thioether (sulfide) groups is 1. The number of unbranched alkanes of at least 4 members (excludes halogenated alkanes) is 2. The van der Waals surface area contributed by atoms with Crippen LogP contribution >= 0.6 is 23.4 Å². The Morgan fingerprint density at radius 2 is 1.77 bits per heavy atom. The lowest BCUT2D eigenvalue weighted by molar-refractivity contribution is -0.134. The zero-order chi connectivity index (χ0) is 18.9. The van der Waals surface area contributed by atoms with E-state index in [1.54, 1.807) is 23.9 Å². The minimum Gasteiger partial charge on any atom is -0.425 e. The van der Waals surface area contributed by atoms with Gasteiger partial charge in [-0.3, -0.25) is 4.79 Å². The predicted octanol–water partition coefficient (Wildman–Crippen LogP) is 5.59. The van der Waals surface area contributed by atoms with Crippen molar-refractivity contribution in [2.24, 2.45) is 5.92 Å². The summed E-state index contributed by atoms with van der Waals surface area (Å²) < 4.78 is 5.31. The molecule has 0 radical (unpaired) electrons. The van der Waals surface area contributed by atoms with Gasteiger partial charge in [0.05, 0.1) is 0 Å². The molecule has 26 heavy (non-hydrogen) atoms. The summed E-state index contributed by atoms with van der Waals surface area (Å²) in [6.45, 7) is 5.96. The smallest absolute Gasteiger partial charge is 0.329 e. The summed E-state index contributed by atoms with van der Waals surface area (Å²) in [5.74, 6) is 1.13. The fourth-order valence-corrected chi connectivity index (χ4v) is 3.05. The molecule has 140 valence electrons. The van der Waals surface area contributed by atoms with E-state index in [9.17, 15) is 4.79 Å². The molecule has 0 N–H and O–H groups in total. The maximum atomic E-state index is 11.9. The van der Waals surface area contributed by atoms with Crippen LogP contribution in [0.1, 0.15) is 40.0 Å². The van der Waals surface area contributed by atoms with Crippen LogP contribution in [0.4, 0.5) is 0 Å². The number of alkyl halides is 1. The van der Waals surface area contributed by atoms with E-state index in [-0.39, 0.29) is 5.92 Å². The van der Waals surface area contributed by atoms with Crippen LogP contribution < -0.4 is 4.74 Å². The topological polar surface area (TPSA) is 52.1 Å². The molecular formula is C20H25ClN2O2S. The molecule has 1 unspecified atom stereocenters. The summed E-state index contributed by atoms with van der Waals surface area (Å²) in [5, 5.41) is 0.155. The summed E-state index contributed by atoms with van der Waals surface area (Å²) in [4.78, 5) is 20.7. The van der Waals surface area contributed by atoms with Gasteiger partial charge < -0.3 is 4.74 Å². The zero-order valence-corrected chi connectivity index (χ0v) is 17.0. The number of carbonyl (C=O) groups excluding carboxylic acids is 1. The molecule has 0 aliphatic heterocycles. The highest BCUT2D eigenvalue weighted by Crippen LogP contribution is 2.24. The second-order valence-corrected chi connectivity index (χ2v) is 7.93. The molecular weight excluding hydrogens is 368 g/mol. The van der Waals surface area contributed by atoms with Crippen molar-refractivity contribution in [1.29, 1.82) is 0 Å². The SMILES string of the molecule is CCCCCSc1ncc(-c2ccc(OC(=O)C(Cl)C(C)C)cc2)cn1. The molecule has 1 aromatic heterocycles. The summed E-state index contributed by atoms with van der Waals surface area (Å²) in [7, 11) is 0. The molecule has 1 heterocycles. The van der Waals surface area contributed by atoms with Crippen LogP contribution in [0.3, 0.4) is 0 Å². The number of nitrogens with zero attached hydrogens (tertiary/aromatic N) is 2. The van der Waals surface area contributed by atoms with Crippen molar-refractivity contribution < 1.29 is 9.53 Å². The molecule has 2 aromatic rings. The van der Waals surface area contributed by atoms with E-state index in [1.165, 1.54) is 19.3 Å². The van der Waals surface area contributed by atoms with Gasteiger partial charge >= 0.3 is 5.97 Å². The Bertz CT molecular complexity index is 690. The number of ether oxygens (including phenoxy) is 1. The van der Waals surface area contributed by atoms with Crippen molar-refractivity contribution in [3.8, 4) is 16.9 Å². The average molecular weight is 393 g/mol. The van der Waals surface area contributed by atoms with Gasteiger partial charge in [0.1, 0.15) is 11.1 Å². The van der Waals surface area contributed by atoms with Crippen molar-refractivity contribution in [2.75, 3.05) is 5.75 Å². The van der Waals surface area contributed by atoms with Crippen LogP contribution in [-0.4, -0.2) is 27.1 Å². The lowest BCUT2D eigenvalue weighted by atomic mass is 10.1. The molecule has 6 heteroatoms. The van der Waals surface area contributed by atoms with E-state index < -0.39 is 11.3 Å². The first kappa shape index (κ1) is 20.7. The third kappa shape index (κ3) is 6.29. The maximum Gasteiger partial charge on any atom is 0.329 e. The summed E-state index contributed by atoms with van der Waals surface area (Å²) in [6, 6.07) is 7.27. The third-order valence-corrected chi connectivity index (χ3v) is 5.47. The Balaban J connectivity index is 1.94. The monoisotopic (exact) mass is 392 g/mol. The molecule has 0 spiro atoms. The van der Waals surface area contributed by atoms with Gasteiger partial charge in [-0.2, -0.15) is 0 Å². The number of benzene rings is 1. The van der Waals surface area contributed by atoms with Gasteiger partial charge in [-0.05, 0) is 30.0 Å². The minimum absolute atomic E-state index is 0.0268. The van der Waals surface area contributed by atoms with Crippen molar-refractivity contribution in [2.45, 2.75) is 50.6 Å². The van der Waals surface area contributed by atoms with Gasteiger partial charge in [0.2, 0.25) is 0 Å². The first-order chi connectivity index (χ1) is 12.5. The lowest BCUT2D eigenvalue weighted by Gasteiger charge is -2.12. The highest BCUT2D eigenvalue weighted by atomic mass is 35.5. The highest BCUT2D eigenvalue weighted by Gasteiger charge is 2.21. The standard InChI is InChI=1S/C20H25ClN2O2S/c1-4-5-6-11-26-20-22-12-16(13-23-20)15-7-9-17(10-8-15)25-19(24)18(21)14(2)3/h7-10,12-14,18H,4-6,11H2,1-3H3. The predicted molar refractivity (Wildman–Crippen MR) is 108 cm³/mol.